The quantitative estimate of drug-likeness (QED) is 0.790. The number of H-pyrrole nitrogens is 1. The number of aliphatic hydroxyl groups is 1. The van der Waals surface area contributed by atoms with E-state index in [-0.39, 0.29) is 12.1 Å². The van der Waals surface area contributed by atoms with Crippen LogP contribution in [0.5, 0.6) is 0 Å². The first-order valence-corrected chi connectivity index (χ1v) is 10.5. The van der Waals surface area contributed by atoms with Gasteiger partial charge in [-0.2, -0.15) is 0 Å². The molecular formula is C22H29N3O3. The number of nitrogens with zero attached hydrogens (tertiary/aromatic N) is 2. The summed E-state index contributed by atoms with van der Waals surface area (Å²) in [6, 6.07) is 2.33. The Morgan fingerprint density at radius 2 is 2.04 bits per heavy atom. The summed E-state index contributed by atoms with van der Waals surface area (Å²) in [6.45, 7) is 3.73. The van der Waals surface area contributed by atoms with Crippen molar-refractivity contribution >= 4 is 22.7 Å². The van der Waals surface area contributed by atoms with Gasteiger partial charge in [0.15, 0.2) is 0 Å². The number of fused-ring (bicyclic) bond motifs is 1. The minimum absolute atomic E-state index is 0.178. The molecule has 6 nitrogen and oxygen atoms in total. The second kappa shape index (κ2) is 6.21. The molecule has 2 N–H and O–H groups in total. The van der Waals surface area contributed by atoms with E-state index < -0.39 is 5.60 Å². The fraction of sp³-hybridized carbons (Fsp3) is 0.636. The van der Waals surface area contributed by atoms with Crippen molar-refractivity contribution in [1.82, 2.24) is 9.97 Å². The van der Waals surface area contributed by atoms with Gasteiger partial charge in [-0.05, 0) is 69.8 Å². The Balaban J connectivity index is 1.57. The number of esters is 1. The highest BCUT2D eigenvalue weighted by molar-refractivity contribution is 6.04. The zero-order valence-corrected chi connectivity index (χ0v) is 16.8. The molecule has 6 rings (SSSR count). The van der Waals surface area contributed by atoms with Crippen molar-refractivity contribution in [2.24, 2.45) is 17.8 Å². The predicted octanol–water partition coefficient (Wildman–Crippen LogP) is 3.50. The van der Waals surface area contributed by atoms with Gasteiger partial charge in [-0.3, -0.25) is 0 Å². The molecule has 4 fully saturated rings. The lowest BCUT2D eigenvalue weighted by molar-refractivity contribution is -0.133. The lowest BCUT2D eigenvalue weighted by Gasteiger charge is -2.60. The summed E-state index contributed by atoms with van der Waals surface area (Å²) in [5.41, 5.74) is 1.75. The van der Waals surface area contributed by atoms with Gasteiger partial charge < -0.3 is 19.7 Å². The van der Waals surface area contributed by atoms with Gasteiger partial charge in [0.25, 0.3) is 0 Å². The van der Waals surface area contributed by atoms with Crippen LogP contribution in [0.4, 0.5) is 5.69 Å². The van der Waals surface area contributed by atoms with Gasteiger partial charge >= 0.3 is 5.97 Å². The molecule has 0 radical (unpaired) electrons. The molecular weight excluding hydrogens is 354 g/mol. The standard InChI is InChI=1S/C22H29N3O3/c1-12(2)28-21(26)17-11-24-20-16(4-5-23-20)19(17)25(3)18-14-6-13-7-15(18)10-22(27,8-13)9-14/h4-5,11-15,18,27H,6-10H2,1-3H3,(H,23,24)/t13?,14-,15+,18?,22?. The number of ether oxygens (including phenoxy) is 1. The van der Waals surface area contributed by atoms with Gasteiger partial charge in [0.05, 0.1) is 17.4 Å². The Hall–Kier alpha value is -2.08. The molecule has 0 aromatic carbocycles. The Bertz CT molecular complexity index is 905. The van der Waals surface area contributed by atoms with Gasteiger partial charge in [-0.25, -0.2) is 9.78 Å². The molecule has 4 aliphatic carbocycles. The number of hydrogen-bond acceptors (Lipinski definition) is 5. The van der Waals surface area contributed by atoms with Gasteiger partial charge in [0.1, 0.15) is 11.2 Å². The molecule has 4 aliphatic rings. The van der Waals surface area contributed by atoms with E-state index in [0.29, 0.717) is 29.4 Å². The molecule has 3 unspecified atom stereocenters. The van der Waals surface area contributed by atoms with E-state index in [1.165, 1.54) is 12.8 Å². The maximum absolute atomic E-state index is 12.8. The van der Waals surface area contributed by atoms with Gasteiger partial charge in [0, 0.05) is 30.9 Å². The Labute approximate surface area is 165 Å². The molecule has 2 aromatic heterocycles. The molecule has 4 bridgehead atoms. The maximum atomic E-state index is 12.8. The lowest BCUT2D eigenvalue weighted by atomic mass is 9.52. The molecule has 0 amide bonds. The Morgan fingerprint density at radius 1 is 1.32 bits per heavy atom. The number of pyridine rings is 1. The van der Waals surface area contributed by atoms with Crippen molar-refractivity contribution in [3.05, 3.63) is 24.0 Å². The van der Waals surface area contributed by atoms with Crippen molar-refractivity contribution in [3.63, 3.8) is 0 Å². The fourth-order valence-corrected chi connectivity index (χ4v) is 6.54. The maximum Gasteiger partial charge on any atom is 0.342 e. The third-order valence-corrected chi connectivity index (χ3v) is 7.11. The van der Waals surface area contributed by atoms with Crippen LogP contribution in [0.25, 0.3) is 11.0 Å². The molecule has 0 saturated heterocycles. The summed E-state index contributed by atoms with van der Waals surface area (Å²) in [4.78, 5) is 22.7. The van der Waals surface area contributed by atoms with Crippen molar-refractivity contribution < 1.29 is 14.6 Å². The number of hydrogen-bond donors (Lipinski definition) is 2. The second-order valence-electron chi connectivity index (χ2n) is 9.51. The summed E-state index contributed by atoms with van der Waals surface area (Å²) < 4.78 is 5.52. The Morgan fingerprint density at radius 3 is 2.68 bits per heavy atom. The van der Waals surface area contributed by atoms with Gasteiger partial charge in [-0.1, -0.05) is 0 Å². The molecule has 2 heterocycles. The molecule has 5 atom stereocenters. The van der Waals surface area contributed by atoms with E-state index in [4.69, 9.17) is 4.74 Å². The average Bonchev–Trinajstić information content (AvgIpc) is 3.06. The van der Waals surface area contributed by atoms with Crippen LogP contribution in [0.3, 0.4) is 0 Å². The van der Waals surface area contributed by atoms with Crippen molar-refractivity contribution in [2.45, 2.75) is 63.7 Å². The molecule has 28 heavy (non-hydrogen) atoms. The van der Waals surface area contributed by atoms with Crippen LogP contribution in [-0.2, 0) is 4.74 Å². The zero-order valence-electron chi connectivity index (χ0n) is 16.8. The van der Waals surface area contributed by atoms with Crippen LogP contribution < -0.4 is 4.90 Å². The number of aromatic amines is 1. The van der Waals surface area contributed by atoms with E-state index in [1.54, 1.807) is 6.20 Å². The first-order valence-electron chi connectivity index (χ1n) is 10.5. The summed E-state index contributed by atoms with van der Waals surface area (Å²) in [6.07, 6.45) is 8.42. The molecule has 0 aliphatic heterocycles. The van der Waals surface area contributed by atoms with E-state index in [2.05, 4.69) is 21.9 Å². The average molecular weight is 383 g/mol. The number of aromatic nitrogens is 2. The van der Waals surface area contributed by atoms with Crippen LogP contribution in [0.2, 0.25) is 0 Å². The fourth-order valence-electron chi connectivity index (χ4n) is 6.54. The number of carbonyl (C=O) groups excluding carboxylic acids is 1. The molecule has 4 saturated carbocycles. The summed E-state index contributed by atoms with van der Waals surface area (Å²) in [7, 11) is 2.10. The molecule has 6 heteroatoms. The highest BCUT2D eigenvalue weighted by Gasteiger charge is 2.56. The van der Waals surface area contributed by atoms with Crippen molar-refractivity contribution in [1.29, 1.82) is 0 Å². The molecule has 2 aromatic rings. The zero-order chi connectivity index (χ0) is 19.6. The molecule has 150 valence electrons. The topological polar surface area (TPSA) is 78.5 Å². The van der Waals surface area contributed by atoms with Crippen LogP contribution in [0.15, 0.2) is 18.5 Å². The van der Waals surface area contributed by atoms with Crippen LogP contribution in [0, 0.1) is 17.8 Å². The number of rotatable bonds is 4. The number of carbonyl (C=O) groups is 1. The van der Waals surface area contributed by atoms with E-state index in [1.807, 2.05) is 26.1 Å². The van der Waals surface area contributed by atoms with Gasteiger partial charge in [-0.15, -0.1) is 0 Å². The van der Waals surface area contributed by atoms with Crippen molar-refractivity contribution in [2.75, 3.05) is 11.9 Å². The summed E-state index contributed by atoms with van der Waals surface area (Å²) in [5.74, 6) is 1.27. The van der Waals surface area contributed by atoms with E-state index in [9.17, 15) is 9.90 Å². The highest BCUT2D eigenvalue weighted by Crippen LogP contribution is 2.57. The number of nitrogens with one attached hydrogen (secondary N) is 1. The molecule has 0 spiro atoms. The second-order valence-corrected chi connectivity index (χ2v) is 9.51. The van der Waals surface area contributed by atoms with Crippen LogP contribution in [0.1, 0.15) is 56.3 Å². The third-order valence-electron chi connectivity index (χ3n) is 7.11. The van der Waals surface area contributed by atoms with Crippen molar-refractivity contribution in [3.8, 4) is 0 Å². The normalized spacial score (nSPS) is 33.6. The lowest BCUT2D eigenvalue weighted by Crippen LogP contribution is -2.61. The van der Waals surface area contributed by atoms with Crippen LogP contribution in [-0.4, -0.2) is 45.8 Å². The van der Waals surface area contributed by atoms with E-state index >= 15 is 0 Å². The first-order chi connectivity index (χ1) is 13.3. The van der Waals surface area contributed by atoms with Gasteiger partial charge in [0.2, 0.25) is 0 Å². The smallest absolute Gasteiger partial charge is 0.342 e. The predicted molar refractivity (Wildman–Crippen MR) is 107 cm³/mol. The minimum atomic E-state index is -0.463. The largest absolute Gasteiger partial charge is 0.459 e. The summed E-state index contributed by atoms with van der Waals surface area (Å²) in [5, 5.41) is 11.9. The minimum Gasteiger partial charge on any atom is -0.459 e. The SMILES string of the molecule is CC(C)OC(=O)c1cnc2[nH]ccc2c1N(C)C1[C@@H]2CC3C[C@H]1CC(O)(C3)C2. The Kier molecular flexibility index (Phi) is 3.99. The third kappa shape index (κ3) is 2.72. The van der Waals surface area contributed by atoms with E-state index in [0.717, 1.165) is 36.0 Å². The highest BCUT2D eigenvalue weighted by atomic mass is 16.5. The van der Waals surface area contributed by atoms with Crippen LogP contribution >= 0.6 is 0 Å². The monoisotopic (exact) mass is 383 g/mol. The first kappa shape index (κ1) is 18.0. The number of anilines is 1. The summed E-state index contributed by atoms with van der Waals surface area (Å²) >= 11 is 0.